The molecule has 2 atom stereocenters. The molecule has 2 unspecified atom stereocenters. The van der Waals surface area contributed by atoms with Gasteiger partial charge in [0.25, 0.3) is 0 Å². The maximum Gasteiger partial charge on any atom is 0.152 e. The lowest BCUT2D eigenvalue weighted by atomic mass is 9.86. The molecule has 1 saturated heterocycles. The van der Waals surface area contributed by atoms with Crippen LogP contribution in [0, 0.1) is 5.92 Å². The third kappa shape index (κ3) is 8.04. The van der Waals surface area contributed by atoms with Crippen LogP contribution in [0.1, 0.15) is 45.6 Å². The van der Waals surface area contributed by atoms with Crippen molar-refractivity contribution in [3.05, 3.63) is 75.5 Å². The quantitative estimate of drug-likeness (QED) is 0.271. The van der Waals surface area contributed by atoms with E-state index in [1.165, 1.54) is 5.57 Å². The van der Waals surface area contributed by atoms with Gasteiger partial charge in [0.1, 0.15) is 0 Å². The molecule has 2 aliphatic rings. The number of halogens is 2. The average Bonchev–Trinajstić information content (AvgIpc) is 2.87. The third-order valence-corrected chi connectivity index (χ3v) is 8.98. The number of hydrogen-bond donors (Lipinski definition) is 2. The van der Waals surface area contributed by atoms with Crippen LogP contribution in [0.15, 0.2) is 69.9 Å². The first-order valence-corrected chi connectivity index (χ1v) is 15.4. The highest BCUT2D eigenvalue weighted by Gasteiger charge is 2.23. The first kappa shape index (κ1) is 29.7. The van der Waals surface area contributed by atoms with Gasteiger partial charge in [0.15, 0.2) is 16.1 Å². The lowest BCUT2D eigenvalue weighted by molar-refractivity contribution is 0.243. The Morgan fingerprint density at radius 2 is 2.03 bits per heavy atom. The molecular formula is C28H37Cl2N3O3S. The Morgan fingerprint density at radius 3 is 2.68 bits per heavy atom. The fourth-order valence-corrected chi connectivity index (χ4v) is 6.35. The van der Waals surface area contributed by atoms with E-state index in [1.807, 2.05) is 37.4 Å². The monoisotopic (exact) mass is 565 g/mol. The maximum atomic E-state index is 11.6. The van der Waals surface area contributed by atoms with Gasteiger partial charge in [-0.1, -0.05) is 61.4 Å². The summed E-state index contributed by atoms with van der Waals surface area (Å²) in [5, 5.41) is 15.2. The van der Waals surface area contributed by atoms with Crippen LogP contribution in [0.25, 0.3) is 0 Å². The molecule has 2 N–H and O–H groups in total. The number of anilines is 1. The van der Waals surface area contributed by atoms with Crippen molar-refractivity contribution in [1.82, 2.24) is 4.90 Å². The summed E-state index contributed by atoms with van der Waals surface area (Å²) in [4.78, 5) is 6.77. The van der Waals surface area contributed by atoms with E-state index >= 15 is 0 Å². The van der Waals surface area contributed by atoms with Crippen molar-refractivity contribution in [1.29, 1.82) is 0 Å². The van der Waals surface area contributed by atoms with E-state index in [0.717, 1.165) is 30.7 Å². The second-order valence-corrected chi connectivity index (χ2v) is 12.3. The van der Waals surface area contributed by atoms with Gasteiger partial charge >= 0.3 is 0 Å². The van der Waals surface area contributed by atoms with Crippen LogP contribution in [0.3, 0.4) is 0 Å². The van der Waals surface area contributed by atoms with Gasteiger partial charge in [0, 0.05) is 53.6 Å². The van der Waals surface area contributed by atoms with Crippen molar-refractivity contribution < 1.29 is 13.5 Å². The van der Waals surface area contributed by atoms with Crippen LogP contribution in [0.2, 0.25) is 5.02 Å². The molecule has 1 aromatic carbocycles. The third-order valence-electron chi connectivity index (χ3n) is 6.67. The molecule has 0 bridgehead atoms. The molecule has 37 heavy (non-hydrogen) atoms. The Labute approximate surface area is 231 Å². The Kier molecular flexibility index (Phi) is 11.0. The predicted octanol–water partition coefficient (Wildman–Crippen LogP) is 5.94. The Bertz CT molecular complexity index is 1210. The van der Waals surface area contributed by atoms with Gasteiger partial charge in [-0.15, -0.1) is 0 Å². The van der Waals surface area contributed by atoms with Gasteiger partial charge in [-0.25, -0.2) is 8.42 Å². The van der Waals surface area contributed by atoms with E-state index in [9.17, 15) is 13.5 Å². The van der Waals surface area contributed by atoms with E-state index in [4.69, 9.17) is 23.2 Å². The highest BCUT2D eigenvalue weighted by atomic mass is 35.5. The molecule has 2 aliphatic heterocycles. The SMILES string of the molecule is CC=C(C(Cl)=CCCN1CCS(=O)(=O)CC1)C(O)Nc1ccc(Cl)c(C2=NC=CC(CC)/C2=C\CC)c1. The highest BCUT2D eigenvalue weighted by molar-refractivity contribution is 7.91. The number of allylic oxidation sites excluding steroid dienone is 4. The fraction of sp³-hybridized carbons (Fsp3) is 0.464. The molecule has 3 rings (SSSR count). The second-order valence-electron chi connectivity index (χ2n) is 9.22. The fourth-order valence-electron chi connectivity index (χ4n) is 4.55. The number of benzene rings is 1. The number of nitrogens with one attached hydrogen (secondary N) is 1. The van der Waals surface area contributed by atoms with E-state index in [-0.39, 0.29) is 11.5 Å². The average molecular weight is 567 g/mol. The molecule has 1 aromatic rings. The summed E-state index contributed by atoms with van der Waals surface area (Å²) in [5.41, 5.74) is 4.10. The zero-order valence-corrected chi connectivity index (χ0v) is 24.1. The number of aliphatic hydroxyl groups excluding tert-OH is 1. The lowest BCUT2D eigenvalue weighted by Crippen LogP contribution is -2.40. The van der Waals surface area contributed by atoms with Crippen molar-refractivity contribution in [2.75, 3.05) is 36.5 Å². The molecule has 6 nitrogen and oxygen atoms in total. The van der Waals surface area contributed by atoms with E-state index in [2.05, 4.69) is 41.2 Å². The van der Waals surface area contributed by atoms with Crippen molar-refractivity contribution in [2.24, 2.45) is 10.9 Å². The number of aliphatic imine (C=N–C) groups is 1. The zero-order valence-electron chi connectivity index (χ0n) is 21.8. The van der Waals surface area contributed by atoms with Crippen LogP contribution in [-0.2, 0) is 9.84 Å². The topological polar surface area (TPSA) is 82.0 Å². The van der Waals surface area contributed by atoms with E-state index in [0.29, 0.717) is 46.7 Å². The Hall–Kier alpha value is -1.90. The zero-order chi connectivity index (χ0) is 27.0. The minimum absolute atomic E-state index is 0.202. The molecular weight excluding hydrogens is 529 g/mol. The smallest absolute Gasteiger partial charge is 0.152 e. The van der Waals surface area contributed by atoms with Crippen LogP contribution >= 0.6 is 23.2 Å². The Balaban J connectivity index is 1.70. The first-order chi connectivity index (χ1) is 17.7. The Morgan fingerprint density at radius 1 is 1.30 bits per heavy atom. The van der Waals surface area contributed by atoms with Crippen LogP contribution in [0.4, 0.5) is 5.69 Å². The number of hydrogen-bond acceptors (Lipinski definition) is 6. The highest BCUT2D eigenvalue weighted by Crippen LogP contribution is 2.31. The summed E-state index contributed by atoms with van der Waals surface area (Å²) in [6.45, 7) is 7.90. The van der Waals surface area contributed by atoms with Crippen LogP contribution in [0.5, 0.6) is 0 Å². The van der Waals surface area contributed by atoms with Gasteiger partial charge in [0.2, 0.25) is 0 Å². The molecule has 9 heteroatoms. The van der Waals surface area contributed by atoms with Gasteiger partial charge in [-0.05, 0) is 50.0 Å². The number of aliphatic hydroxyl groups is 1. The molecule has 0 radical (unpaired) electrons. The molecule has 1 fully saturated rings. The summed E-state index contributed by atoms with van der Waals surface area (Å²) in [6.07, 6.45) is 11.3. The normalized spacial score (nSPS) is 22.7. The molecule has 202 valence electrons. The van der Waals surface area contributed by atoms with Crippen molar-refractivity contribution in [2.45, 2.75) is 46.3 Å². The molecule has 0 aliphatic carbocycles. The predicted molar refractivity (Wildman–Crippen MR) is 156 cm³/mol. The summed E-state index contributed by atoms with van der Waals surface area (Å²) >= 11 is 13.2. The van der Waals surface area contributed by atoms with Crippen molar-refractivity contribution >= 4 is 44.4 Å². The standard InChI is InChI=1S/C28H37Cl2N3O3S/c1-4-8-23-20(5-2)12-13-31-27(23)24-19-21(10-11-26(24)30)32-28(34)22(6-3)25(29)9-7-14-33-15-17-37(35,36)18-16-33/h6,8-13,19-20,28,32,34H,4-5,7,14-18H2,1-3H3/b22-6?,23-8+,25-9?. The largest absolute Gasteiger partial charge is 0.369 e. The van der Waals surface area contributed by atoms with Gasteiger partial charge < -0.3 is 15.3 Å². The summed E-state index contributed by atoms with van der Waals surface area (Å²) < 4.78 is 23.2. The van der Waals surface area contributed by atoms with Gasteiger partial charge in [-0.3, -0.25) is 4.99 Å². The molecule has 2 heterocycles. The summed E-state index contributed by atoms with van der Waals surface area (Å²) in [5.74, 6) is 0.695. The van der Waals surface area contributed by atoms with Gasteiger partial charge in [0.05, 0.1) is 22.2 Å². The van der Waals surface area contributed by atoms with Crippen LogP contribution < -0.4 is 5.32 Å². The lowest BCUT2D eigenvalue weighted by Gasteiger charge is -2.26. The van der Waals surface area contributed by atoms with E-state index < -0.39 is 16.1 Å². The minimum atomic E-state index is -2.89. The first-order valence-electron chi connectivity index (χ1n) is 12.8. The molecule has 0 saturated carbocycles. The molecule has 0 amide bonds. The second kappa shape index (κ2) is 13.8. The van der Waals surface area contributed by atoms with Crippen LogP contribution in [-0.4, -0.2) is 61.5 Å². The molecule has 0 aromatic heterocycles. The number of rotatable bonds is 10. The molecule has 0 spiro atoms. The number of nitrogens with zero attached hydrogens (tertiary/aromatic N) is 2. The summed E-state index contributed by atoms with van der Waals surface area (Å²) in [6, 6.07) is 5.54. The van der Waals surface area contributed by atoms with Crippen molar-refractivity contribution in [3.8, 4) is 0 Å². The maximum absolute atomic E-state index is 11.6. The number of sulfone groups is 1. The minimum Gasteiger partial charge on any atom is -0.369 e. The van der Waals surface area contributed by atoms with Gasteiger partial charge in [-0.2, -0.15) is 0 Å². The van der Waals surface area contributed by atoms with E-state index in [1.54, 1.807) is 6.08 Å². The van der Waals surface area contributed by atoms with Crippen molar-refractivity contribution in [3.63, 3.8) is 0 Å². The summed E-state index contributed by atoms with van der Waals surface area (Å²) in [7, 11) is -2.89.